The summed E-state index contributed by atoms with van der Waals surface area (Å²) in [5.74, 6) is 1.23. The smallest absolute Gasteiger partial charge is 0.189 e. The topological polar surface area (TPSA) is 59.1 Å². The first-order chi connectivity index (χ1) is 12.6. The number of allylic oxidation sites excluding steroid dienone is 3. The Morgan fingerprint density at radius 1 is 1.37 bits per heavy atom. The van der Waals surface area contributed by atoms with E-state index in [1.54, 1.807) is 13.1 Å². The van der Waals surface area contributed by atoms with Crippen molar-refractivity contribution in [3.63, 3.8) is 0 Å². The van der Waals surface area contributed by atoms with E-state index in [9.17, 15) is 9.59 Å². The van der Waals surface area contributed by atoms with Crippen molar-refractivity contribution in [2.75, 3.05) is 5.32 Å². The number of hydrogen-bond donors (Lipinski definition) is 1. The minimum atomic E-state index is -0.0303. The first-order valence-electron chi connectivity index (χ1n) is 9.82. The quantitative estimate of drug-likeness (QED) is 0.500. The highest BCUT2D eigenvalue weighted by Crippen LogP contribution is 2.30. The van der Waals surface area contributed by atoms with Crippen LogP contribution in [0.1, 0.15) is 76.2 Å². The Labute approximate surface area is 163 Å². The number of hydrogen-bond acceptors (Lipinski definition) is 4. The summed E-state index contributed by atoms with van der Waals surface area (Å²) in [4.78, 5) is 28.7. The zero-order chi connectivity index (χ0) is 20.2. The molecule has 0 saturated carbocycles. The van der Waals surface area contributed by atoms with E-state index in [0.717, 1.165) is 42.6 Å². The van der Waals surface area contributed by atoms with Crippen LogP contribution < -0.4 is 5.32 Å². The van der Waals surface area contributed by atoms with Crippen molar-refractivity contribution in [2.45, 2.75) is 72.3 Å². The molecule has 1 aliphatic rings. The molecule has 0 aliphatic carbocycles. The Bertz CT molecular complexity index is 775. The number of rotatable bonds is 8. The number of aryl methyl sites for hydroxylation is 1. The van der Waals surface area contributed by atoms with Crippen LogP contribution in [0.15, 0.2) is 36.1 Å². The van der Waals surface area contributed by atoms with Gasteiger partial charge in [0.25, 0.3) is 0 Å². The number of pyridine rings is 1. The van der Waals surface area contributed by atoms with Gasteiger partial charge in [-0.15, -0.1) is 0 Å². The second-order valence-corrected chi connectivity index (χ2v) is 8.29. The Hall–Kier alpha value is -2.23. The maximum Gasteiger partial charge on any atom is 0.189 e. The number of nitrogens with zero attached hydrogens (tertiary/aromatic N) is 1. The summed E-state index contributed by atoms with van der Waals surface area (Å²) in [5, 5.41) is 3.43. The molecular formula is C23H32N2O2. The summed E-state index contributed by atoms with van der Waals surface area (Å²) in [6.45, 7) is 13.8. The molecule has 0 saturated heterocycles. The molecule has 0 spiro atoms. The summed E-state index contributed by atoms with van der Waals surface area (Å²) in [7, 11) is 0. The van der Waals surface area contributed by atoms with Gasteiger partial charge in [-0.2, -0.15) is 0 Å². The van der Waals surface area contributed by atoms with E-state index in [2.05, 4.69) is 37.7 Å². The molecule has 2 rings (SSSR count). The van der Waals surface area contributed by atoms with Crippen molar-refractivity contribution in [2.24, 2.45) is 5.92 Å². The average Bonchev–Trinajstić information content (AvgIpc) is 2.62. The van der Waals surface area contributed by atoms with E-state index in [1.807, 2.05) is 19.1 Å². The Morgan fingerprint density at radius 3 is 2.70 bits per heavy atom. The van der Waals surface area contributed by atoms with Gasteiger partial charge in [-0.3, -0.25) is 9.59 Å². The molecule has 146 valence electrons. The van der Waals surface area contributed by atoms with Crippen LogP contribution in [-0.2, 0) is 11.2 Å². The van der Waals surface area contributed by atoms with Gasteiger partial charge in [-0.05, 0) is 88.5 Å². The summed E-state index contributed by atoms with van der Waals surface area (Å²) >= 11 is 0. The van der Waals surface area contributed by atoms with E-state index in [1.165, 1.54) is 0 Å². The SMILES string of the molecule is C=C(CC[C@H](/C=C(/C)C(C)=O)CC)C(=O)c1cnc2c(c1)CCC(C)(C)N2. The van der Waals surface area contributed by atoms with Crippen LogP contribution in [0.5, 0.6) is 0 Å². The molecule has 0 radical (unpaired) electrons. The van der Waals surface area contributed by atoms with E-state index >= 15 is 0 Å². The Kier molecular flexibility index (Phi) is 6.74. The number of ketones is 2. The third-order valence-electron chi connectivity index (χ3n) is 5.41. The van der Waals surface area contributed by atoms with Gasteiger partial charge in [0, 0.05) is 17.3 Å². The van der Waals surface area contributed by atoms with Crippen molar-refractivity contribution in [1.29, 1.82) is 0 Å². The number of aromatic nitrogens is 1. The molecule has 1 atom stereocenters. The Balaban J connectivity index is 2.02. The highest BCUT2D eigenvalue weighted by molar-refractivity contribution is 6.08. The molecule has 0 bridgehead atoms. The molecule has 0 amide bonds. The lowest BCUT2D eigenvalue weighted by molar-refractivity contribution is -0.113. The normalized spacial score (nSPS) is 16.9. The molecule has 1 aromatic heterocycles. The Morgan fingerprint density at radius 2 is 2.07 bits per heavy atom. The van der Waals surface area contributed by atoms with E-state index in [4.69, 9.17) is 0 Å². The van der Waals surface area contributed by atoms with Gasteiger partial charge in [0.15, 0.2) is 11.6 Å². The van der Waals surface area contributed by atoms with Gasteiger partial charge in [-0.25, -0.2) is 4.98 Å². The van der Waals surface area contributed by atoms with Crippen LogP contribution >= 0.6 is 0 Å². The van der Waals surface area contributed by atoms with Crippen LogP contribution in [0.2, 0.25) is 0 Å². The number of anilines is 1. The minimum absolute atomic E-state index is 0.0303. The number of nitrogens with one attached hydrogen (secondary N) is 1. The first-order valence-corrected chi connectivity index (χ1v) is 9.82. The fraction of sp³-hybridized carbons (Fsp3) is 0.522. The largest absolute Gasteiger partial charge is 0.365 e. The third kappa shape index (κ3) is 5.62. The predicted octanol–water partition coefficient (Wildman–Crippen LogP) is 5.30. The van der Waals surface area contributed by atoms with Gasteiger partial charge in [0.1, 0.15) is 5.82 Å². The van der Waals surface area contributed by atoms with Crippen molar-refractivity contribution >= 4 is 17.4 Å². The fourth-order valence-corrected chi connectivity index (χ4v) is 3.32. The van der Waals surface area contributed by atoms with Crippen LogP contribution in [0.4, 0.5) is 5.82 Å². The summed E-state index contributed by atoms with van der Waals surface area (Å²) in [6, 6.07) is 1.95. The number of fused-ring (bicyclic) bond motifs is 1. The van der Waals surface area contributed by atoms with Gasteiger partial charge in [0.05, 0.1) is 0 Å². The van der Waals surface area contributed by atoms with Gasteiger partial charge in [-0.1, -0.05) is 19.6 Å². The maximum atomic E-state index is 12.8. The van der Waals surface area contributed by atoms with Crippen LogP contribution in [0, 0.1) is 5.92 Å². The highest BCUT2D eigenvalue weighted by Gasteiger charge is 2.26. The van der Waals surface area contributed by atoms with Crippen LogP contribution in [0.3, 0.4) is 0 Å². The van der Waals surface area contributed by atoms with Crippen LogP contribution in [0.25, 0.3) is 0 Å². The lowest BCUT2D eigenvalue weighted by atomic mass is 9.89. The fourth-order valence-electron chi connectivity index (χ4n) is 3.32. The van der Waals surface area contributed by atoms with Crippen molar-refractivity contribution in [1.82, 2.24) is 4.98 Å². The molecule has 4 heteroatoms. The third-order valence-corrected chi connectivity index (χ3v) is 5.41. The molecule has 0 unspecified atom stereocenters. The molecule has 1 aromatic rings. The number of Topliss-reactive ketones (excluding diaryl/α,β-unsaturated/α-hetero) is 2. The maximum absolute atomic E-state index is 12.8. The van der Waals surface area contributed by atoms with Gasteiger partial charge < -0.3 is 5.32 Å². The zero-order valence-corrected chi connectivity index (χ0v) is 17.3. The molecule has 1 aliphatic heterocycles. The second-order valence-electron chi connectivity index (χ2n) is 8.29. The second kappa shape index (κ2) is 8.64. The first kappa shape index (κ1) is 21.1. The zero-order valence-electron chi connectivity index (χ0n) is 17.3. The lowest BCUT2D eigenvalue weighted by Gasteiger charge is -2.32. The molecule has 1 N–H and O–H groups in total. The van der Waals surface area contributed by atoms with Crippen molar-refractivity contribution in [3.05, 3.63) is 47.2 Å². The van der Waals surface area contributed by atoms with Crippen molar-refractivity contribution in [3.8, 4) is 0 Å². The monoisotopic (exact) mass is 368 g/mol. The minimum Gasteiger partial charge on any atom is -0.365 e. The summed E-state index contributed by atoms with van der Waals surface area (Å²) in [5.41, 5.74) is 3.14. The van der Waals surface area contributed by atoms with Gasteiger partial charge >= 0.3 is 0 Å². The molecule has 2 heterocycles. The van der Waals surface area contributed by atoms with E-state index < -0.39 is 0 Å². The average molecular weight is 369 g/mol. The van der Waals surface area contributed by atoms with Crippen LogP contribution in [-0.4, -0.2) is 22.1 Å². The van der Waals surface area contributed by atoms with Gasteiger partial charge in [0.2, 0.25) is 0 Å². The molecule has 4 nitrogen and oxygen atoms in total. The number of carbonyl (C=O) groups is 2. The molecule has 0 aromatic carbocycles. The standard InChI is InChI=1S/C23H32N2O2/c1-7-18(12-16(3)17(4)26)9-8-15(2)21(27)20-13-19-10-11-23(5,6)25-22(19)24-14-20/h12-14,18H,2,7-11H2,1,3-6H3,(H,24,25)/b16-12-/t18-/m1/s1. The van der Waals surface area contributed by atoms with E-state index in [-0.39, 0.29) is 23.0 Å². The molecule has 27 heavy (non-hydrogen) atoms. The summed E-state index contributed by atoms with van der Waals surface area (Å²) < 4.78 is 0. The number of carbonyl (C=O) groups excluding carboxylic acids is 2. The molecular weight excluding hydrogens is 336 g/mol. The van der Waals surface area contributed by atoms with E-state index in [0.29, 0.717) is 17.6 Å². The molecule has 0 fully saturated rings. The predicted molar refractivity (Wildman–Crippen MR) is 111 cm³/mol. The lowest BCUT2D eigenvalue weighted by Crippen LogP contribution is -2.35. The highest BCUT2D eigenvalue weighted by atomic mass is 16.1. The van der Waals surface area contributed by atoms with Crippen molar-refractivity contribution < 1.29 is 9.59 Å². The summed E-state index contributed by atoms with van der Waals surface area (Å²) in [6.07, 6.45) is 7.99.